The maximum atomic E-state index is 8.89. The molecular weight excluding hydrogens is 204 g/mol. The average molecular weight is 216 g/mol. The molecule has 0 saturated heterocycles. The molecular formula is C12H12N2O2. The minimum absolute atomic E-state index is 0.0255. The molecule has 4 heteroatoms. The van der Waals surface area contributed by atoms with Gasteiger partial charge in [-0.1, -0.05) is 12.1 Å². The van der Waals surface area contributed by atoms with Crippen molar-refractivity contribution in [1.82, 2.24) is 4.98 Å². The molecule has 2 aromatic rings. The zero-order valence-electron chi connectivity index (χ0n) is 8.63. The fourth-order valence-electron chi connectivity index (χ4n) is 1.28. The van der Waals surface area contributed by atoms with Gasteiger partial charge < -0.3 is 15.6 Å². The first-order chi connectivity index (χ1) is 7.79. The van der Waals surface area contributed by atoms with Crippen molar-refractivity contribution < 1.29 is 9.84 Å². The van der Waals surface area contributed by atoms with Gasteiger partial charge in [-0.3, -0.25) is 4.98 Å². The second-order valence-electron chi connectivity index (χ2n) is 3.32. The van der Waals surface area contributed by atoms with Gasteiger partial charge in [0.1, 0.15) is 5.75 Å². The van der Waals surface area contributed by atoms with Gasteiger partial charge in [0.2, 0.25) is 0 Å². The minimum Gasteiger partial charge on any atom is -0.455 e. The number of ether oxygens (including phenoxy) is 1. The summed E-state index contributed by atoms with van der Waals surface area (Å²) in [6.07, 6.45) is 3.16. The lowest BCUT2D eigenvalue weighted by Crippen LogP contribution is -1.92. The molecule has 16 heavy (non-hydrogen) atoms. The average Bonchev–Trinajstić information content (AvgIpc) is 2.33. The minimum atomic E-state index is 0.0255. The van der Waals surface area contributed by atoms with E-state index in [1.807, 2.05) is 0 Å². The Bertz CT molecular complexity index is 469. The van der Waals surface area contributed by atoms with Gasteiger partial charge in [-0.05, 0) is 17.7 Å². The number of benzene rings is 1. The molecule has 0 bridgehead atoms. The van der Waals surface area contributed by atoms with Crippen molar-refractivity contribution >= 4 is 5.69 Å². The SMILES string of the molecule is Nc1cnccc1Oc1ccc(CO)cc1. The quantitative estimate of drug-likeness (QED) is 0.822. The molecule has 1 aromatic carbocycles. The molecule has 0 aliphatic rings. The van der Waals surface area contributed by atoms with Gasteiger partial charge in [0.15, 0.2) is 5.75 Å². The molecule has 0 aliphatic carbocycles. The van der Waals surface area contributed by atoms with Crippen LogP contribution in [0.3, 0.4) is 0 Å². The zero-order chi connectivity index (χ0) is 11.4. The normalized spacial score (nSPS) is 10.1. The Balaban J connectivity index is 2.18. The lowest BCUT2D eigenvalue weighted by molar-refractivity contribution is 0.281. The van der Waals surface area contributed by atoms with Gasteiger partial charge in [0, 0.05) is 12.3 Å². The van der Waals surface area contributed by atoms with Crippen molar-refractivity contribution in [3.05, 3.63) is 48.3 Å². The van der Waals surface area contributed by atoms with Gasteiger partial charge in [-0.2, -0.15) is 0 Å². The predicted octanol–water partition coefficient (Wildman–Crippen LogP) is 1.95. The van der Waals surface area contributed by atoms with E-state index < -0.39 is 0 Å². The summed E-state index contributed by atoms with van der Waals surface area (Å²) < 4.78 is 5.56. The van der Waals surface area contributed by atoms with Crippen LogP contribution in [-0.4, -0.2) is 10.1 Å². The smallest absolute Gasteiger partial charge is 0.153 e. The molecule has 2 rings (SSSR count). The largest absolute Gasteiger partial charge is 0.455 e. The number of hydrogen-bond donors (Lipinski definition) is 2. The van der Waals surface area contributed by atoms with Gasteiger partial charge in [-0.15, -0.1) is 0 Å². The molecule has 1 aromatic heterocycles. The Morgan fingerprint density at radius 1 is 1.19 bits per heavy atom. The second kappa shape index (κ2) is 4.63. The van der Waals surface area contributed by atoms with Gasteiger partial charge in [0.05, 0.1) is 18.5 Å². The Labute approximate surface area is 93.3 Å². The van der Waals surface area contributed by atoms with Gasteiger partial charge >= 0.3 is 0 Å². The van der Waals surface area contributed by atoms with E-state index in [0.717, 1.165) is 5.56 Å². The van der Waals surface area contributed by atoms with E-state index in [0.29, 0.717) is 17.2 Å². The van der Waals surface area contributed by atoms with Crippen LogP contribution in [0, 0.1) is 0 Å². The number of nitrogens with two attached hydrogens (primary N) is 1. The highest BCUT2D eigenvalue weighted by atomic mass is 16.5. The van der Waals surface area contributed by atoms with E-state index in [-0.39, 0.29) is 6.61 Å². The number of hydrogen-bond acceptors (Lipinski definition) is 4. The number of aliphatic hydroxyl groups is 1. The number of pyridine rings is 1. The summed E-state index contributed by atoms with van der Waals surface area (Å²) in [5, 5.41) is 8.89. The first-order valence-electron chi connectivity index (χ1n) is 4.87. The molecule has 0 spiro atoms. The Morgan fingerprint density at radius 3 is 2.56 bits per heavy atom. The maximum Gasteiger partial charge on any atom is 0.153 e. The molecule has 0 fully saturated rings. The van der Waals surface area contributed by atoms with E-state index in [2.05, 4.69) is 4.98 Å². The maximum absolute atomic E-state index is 8.89. The topological polar surface area (TPSA) is 68.4 Å². The summed E-state index contributed by atoms with van der Waals surface area (Å²) in [5.74, 6) is 1.25. The van der Waals surface area contributed by atoms with Crippen LogP contribution in [0.15, 0.2) is 42.7 Å². The van der Waals surface area contributed by atoms with E-state index in [1.54, 1.807) is 36.5 Å². The third-order valence-corrected chi connectivity index (χ3v) is 2.14. The number of nitrogen functional groups attached to an aromatic ring is 1. The Morgan fingerprint density at radius 2 is 1.94 bits per heavy atom. The molecule has 0 saturated carbocycles. The molecule has 0 radical (unpaired) electrons. The number of anilines is 1. The van der Waals surface area contributed by atoms with Crippen LogP contribution < -0.4 is 10.5 Å². The number of nitrogens with zero attached hydrogens (tertiary/aromatic N) is 1. The highest BCUT2D eigenvalue weighted by Gasteiger charge is 2.01. The van der Waals surface area contributed by atoms with Crippen LogP contribution in [0.25, 0.3) is 0 Å². The summed E-state index contributed by atoms with van der Waals surface area (Å²) in [6.45, 7) is 0.0255. The predicted molar refractivity (Wildman–Crippen MR) is 61.1 cm³/mol. The molecule has 0 atom stereocenters. The van der Waals surface area contributed by atoms with E-state index in [9.17, 15) is 0 Å². The molecule has 0 amide bonds. The standard InChI is InChI=1S/C12H12N2O2/c13-11-7-14-6-5-12(11)16-10-3-1-9(8-15)2-4-10/h1-7,15H,8,13H2. The van der Waals surface area contributed by atoms with Crippen molar-refractivity contribution in [3.8, 4) is 11.5 Å². The van der Waals surface area contributed by atoms with Crippen LogP contribution in [0.4, 0.5) is 5.69 Å². The molecule has 82 valence electrons. The molecule has 4 nitrogen and oxygen atoms in total. The van der Waals surface area contributed by atoms with Crippen LogP contribution in [0.5, 0.6) is 11.5 Å². The van der Waals surface area contributed by atoms with E-state index in [1.165, 1.54) is 6.20 Å². The highest BCUT2D eigenvalue weighted by Crippen LogP contribution is 2.26. The van der Waals surface area contributed by atoms with Gasteiger partial charge in [0.25, 0.3) is 0 Å². The van der Waals surface area contributed by atoms with Crippen molar-refractivity contribution in [2.75, 3.05) is 5.73 Å². The third-order valence-electron chi connectivity index (χ3n) is 2.14. The molecule has 0 aliphatic heterocycles. The van der Waals surface area contributed by atoms with E-state index >= 15 is 0 Å². The Kier molecular flexibility index (Phi) is 3.03. The van der Waals surface area contributed by atoms with Crippen LogP contribution >= 0.6 is 0 Å². The number of rotatable bonds is 3. The first-order valence-corrected chi connectivity index (χ1v) is 4.87. The lowest BCUT2D eigenvalue weighted by atomic mass is 10.2. The summed E-state index contributed by atoms with van der Waals surface area (Å²) in [5.41, 5.74) is 7.03. The van der Waals surface area contributed by atoms with Crippen molar-refractivity contribution in [2.24, 2.45) is 0 Å². The van der Waals surface area contributed by atoms with Crippen LogP contribution in [0.2, 0.25) is 0 Å². The highest BCUT2D eigenvalue weighted by molar-refractivity contribution is 5.51. The first kappa shape index (κ1) is 10.4. The molecule has 3 N–H and O–H groups in total. The monoisotopic (exact) mass is 216 g/mol. The summed E-state index contributed by atoms with van der Waals surface area (Å²) in [7, 11) is 0. The number of aromatic nitrogens is 1. The fraction of sp³-hybridized carbons (Fsp3) is 0.0833. The third kappa shape index (κ3) is 2.29. The fourth-order valence-corrected chi connectivity index (χ4v) is 1.28. The van der Waals surface area contributed by atoms with Crippen molar-refractivity contribution in [2.45, 2.75) is 6.61 Å². The van der Waals surface area contributed by atoms with Crippen LogP contribution in [-0.2, 0) is 6.61 Å². The summed E-state index contributed by atoms with van der Waals surface area (Å²) >= 11 is 0. The number of aliphatic hydroxyl groups excluding tert-OH is 1. The van der Waals surface area contributed by atoms with Crippen molar-refractivity contribution in [3.63, 3.8) is 0 Å². The van der Waals surface area contributed by atoms with Gasteiger partial charge in [-0.25, -0.2) is 0 Å². The Hall–Kier alpha value is -2.07. The summed E-state index contributed by atoms with van der Waals surface area (Å²) in [4.78, 5) is 3.88. The van der Waals surface area contributed by atoms with E-state index in [4.69, 9.17) is 15.6 Å². The lowest BCUT2D eigenvalue weighted by Gasteiger charge is -2.07. The second-order valence-corrected chi connectivity index (χ2v) is 3.32. The molecule has 1 heterocycles. The zero-order valence-corrected chi connectivity index (χ0v) is 8.63. The van der Waals surface area contributed by atoms with Crippen LogP contribution in [0.1, 0.15) is 5.56 Å². The van der Waals surface area contributed by atoms with Crippen molar-refractivity contribution in [1.29, 1.82) is 0 Å². The molecule has 0 unspecified atom stereocenters. The summed E-state index contributed by atoms with van der Waals surface area (Å²) in [6, 6.07) is 8.87.